The summed E-state index contributed by atoms with van der Waals surface area (Å²) in [6.07, 6.45) is 4.02. The minimum atomic E-state index is -0.173. The van der Waals surface area contributed by atoms with E-state index in [0.717, 1.165) is 81.7 Å². The van der Waals surface area contributed by atoms with E-state index in [1.165, 1.54) is 11.1 Å². The molecule has 1 aromatic heterocycles. The van der Waals surface area contributed by atoms with E-state index in [1.807, 2.05) is 12.1 Å². The van der Waals surface area contributed by atoms with Crippen LogP contribution in [0, 0.1) is 0 Å². The average Bonchev–Trinajstić information content (AvgIpc) is 2.81. The van der Waals surface area contributed by atoms with Crippen LogP contribution in [0.1, 0.15) is 29.5 Å². The van der Waals surface area contributed by atoms with Gasteiger partial charge in [-0.25, -0.2) is 4.79 Å². The number of nitrogens with zero attached hydrogens (tertiary/aromatic N) is 2. The van der Waals surface area contributed by atoms with Crippen molar-refractivity contribution in [3.63, 3.8) is 0 Å². The molecule has 1 fully saturated rings. The average molecular weight is 491 g/mol. The second-order valence-corrected chi connectivity index (χ2v) is 8.66. The zero-order valence-electron chi connectivity index (χ0n) is 18.8. The summed E-state index contributed by atoms with van der Waals surface area (Å²) >= 11 is 0. The lowest BCUT2D eigenvalue weighted by molar-refractivity contribution is 0.112. The van der Waals surface area contributed by atoms with Crippen molar-refractivity contribution in [1.29, 1.82) is 0 Å². The third kappa shape index (κ3) is 6.10. The molecule has 2 aliphatic rings. The molecule has 0 bridgehead atoms. The number of aryl methyl sites for hydroxylation is 1. The van der Waals surface area contributed by atoms with Gasteiger partial charge >= 0.3 is 5.63 Å². The normalized spacial score (nSPS) is 16.5. The van der Waals surface area contributed by atoms with Crippen molar-refractivity contribution in [3.05, 3.63) is 75.6 Å². The van der Waals surface area contributed by atoms with Gasteiger partial charge in [0.25, 0.3) is 0 Å². The van der Waals surface area contributed by atoms with Gasteiger partial charge in [0.05, 0.1) is 0 Å². The Morgan fingerprint density at radius 2 is 1.55 bits per heavy atom. The van der Waals surface area contributed by atoms with Crippen LogP contribution in [-0.2, 0) is 19.4 Å². The van der Waals surface area contributed by atoms with Crippen LogP contribution in [0.3, 0.4) is 0 Å². The fourth-order valence-corrected chi connectivity index (χ4v) is 4.82. The molecule has 33 heavy (non-hydrogen) atoms. The quantitative estimate of drug-likeness (QED) is 0.468. The van der Waals surface area contributed by atoms with E-state index in [4.69, 9.17) is 9.15 Å². The Kier molecular flexibility index (Phi) is 9.21. The Morgan fingerprint density at radius 3 is 2.30 bits per heavy atom. The lowest BCUT2D eigenvalue weighted by Gasteiger charge is -2.34. The van der Waals surface area contributed by atoms with Crippen LogP contribution in [0.2, 0.25) is 0 Å². The summed E-state index contributed by atoms with van der Waals surface area (Å²) in [5, 5.41) is 1.07. The fourth-order valence-electron chi connectivity index (χ4n) is 4.82. The lowest BCUT2D eigenvalue weighted by Crippen LogP contribution is -2.47. The Balaban J connectivity index is 0.00000153. The number of halogens is 2. The highest BCUT2D eigenvalue weighted by atomic mass is 35.5. The molecule has 0 N–H and O–H groups in total. The van der Waals surface area contributed by atoms with Gasteiger partial charge in [-0.05, 0) is 48.9 Å². The summed E-state index contributed by atoms with van der Waals surface area (Å²) in [4.78, 5) is 17.3. The van der Waals surface area contributed by atoms with Gasteiger partial charge in [-0.1, -0.05) is 30.3 Å². The minimum absolute atomic E-state index is 0. The van der Waals surface area contributed by atoms with Gasteiger partial charge < -0.3 is 9.15 Å². The first-order valence-corrected chi connectivity index (χ1v) is 11.5. The van der Waals surface area contributed by atoms with Crippen molar-refractivity contribution in [3.8, 4) is 5.75 Å². The number of hydrogen-bond donors (Lipinski definition) is 0. The van der Waals surface area contributed by atoms with E-state index < -0.39 is 0 Å². The maximum Gasteiger partial charge on any atom is 0.339 e. The van der Waals surface area contributed by atoms with E-state index in [9.17, 15) is 4.79 Å². The molecule has 5 nitrogen and oxygen atoms in total. The van der Waals surface area contributed by atoms with Gasteiger partial charge in [-0.2, -0.15) is 0 Å². The van der Waals surface area contributed by atoms with Crippen LogP contribution in [0.15, 0.2) is 57.7 Å². The summed E-state index contributed by atoms with van der Waals surface area (Å²) < 4.78 is 11.6. The van der Waals surface area contributed by atoms with Crippen LogP contribution < -0.4 is 10.4 Å². The number of ether oxygens (including phenoxy) is 1. The highest BCUT2D eigenvalue weighted by Crippen LogP contribution is 2.29. The molecule has 1 aliphatic heterocycles. The topological polar surface area (TPSA) is 45.9 Å². The van der Waals surface area contributed by atoms with Crippen molar-refractivity contribution in [2.24, 2.45) is 0 Å². The van der Waals surface area contributed by atoms with E-state index in [1.54, 1.807) is 0 Å². The largest absolute Gasteiger partial charge is 0.492 e. The Bertz CT molecular complexity index is 1100. The van der Waals surface area contributed by atoms with E-state index in [0.29, 0.717) is 12.2 Å². The molecule has 3 aromatic rings. The zero-order valence-corrected chi connectivity index (χ0v) is 20.5. The predicted octanol–water partition coefficient (Wildman–Crippen LogP) is 4.71. The molecule has 0 spiro atoms. The van der Waals surface area contributed by atoms with Gasteiger partial charge in [0.15, 0.2) is 0 Å². The number of benzene rings is 2. The van der Waals surface area contributed by atoms with Crippen LogP contribution in [0.4, 0.5) is 0 Å². The summed E-state index contributed by atoms with van der Waals surface area (Å²) in [6, 6.07) is 16.6. The molecule has 0 saturated carbocycles. The highest BCUT2D eigenvalue weighted by molar-refractivity contribution is 5.85. The van der Waals surface area contributed by atoms with Crippen LogP contribution in [-0.4, -0.2) is 49.1 Å². The van der Waals surface area contributed by atoms with E-state index >= 15 is 0 Å². The van der Waals surface area contributed by atoms with Gasteiger partial charge in [0.2, 0.25) is 0 Å². The Hall–Kier alpha value is -2.05. The molecular formula is C26H32Cl2N2O3. The minimum Gasteiger partial charge on any atom is -0.492 e. The first-order chi connectivity index (χ1) is 15.3. The molecule has 7 heteroatoms. The van der Waals surface area contributed by atoms with Crippen LogP contribution >= 0.6 is 24.8 Å². The number of hydrogen-bond acceptors (Lipinski definition) is 5. The fraction of sp³-hybridized carbons (Fsp3) is 0.423. The second kappa shape index (κ2) is 11.9. The summed E-state index contributed by atoms with van der Waals surface area (Å²) in [5.41, 5.74) is 3.91. The predicted molar refractivity (Wildman–Crippen MR) is 137 cm³/mol. The number of fused-ring (bicyclic) bond motifs is 3. The zero-order chi connectivity index (χ0) is 21.0. The van der Waals surface area contributed by atoms with Gasteiger partial charge in [0.1, 0.15) is 17.9 Å². The van der Waals surface area contributed by atoms with Crippen molar-refractivity contribution in [2.45, 2.75) is 32.2 Å². The molecule has 0 atom stereocenters. The summed E-state index contributed by atoms with van der Waals surface area (Å²) in [5.74, 6) is 0.772. The van der Waals surface area contributed by atoms with Crippen molar-refractivity contribution < 1.29 is 9.15 Å². The van der Waals surface area contributed by atoms with E-state index in [-0.39, 0.29) is 30.4 Å². The number of rotatable bonds is 6. The molecular weight excluding hydrogens is 459 g/mol. The first kappa shape index (κ1) is 25.6. The molecule has 1 aliphatic carbocycles. The van der Waals surface area contributed by atoms with Crippen molar-refractivity contribution >= 4 is 35.8 Å². The molecule has 1 saturated heterocycles. The second-order valence-electron chi connectivity index (χ2n) is 8.66. The molecule has 2 aromatic carbocycles. The Labute approximate surface area is 207 Å². The molecule has 178 valence electrons. The van der Waals surface area contributed by atoms with E-state index in [2.05, 4.69) is 46.2 Å². The third-order valence-corrected chi connectivity index (χ3v) is 6.59. The van der Waals surface area contributed by atoms with Gasteiger partial charge in [-0.15, -0.1) is 24.8 Å². The monoisotopic (exact) mass is 490 g/mol. The maximum atomic E-state index is 12.3. The standard InChI is InChI=1S/C26H30N2O3.2ClH/c29-26-24-9-5-4-8-22(24)23-11-10-21(18-25(23)31-26)30-17-16-27-12-14-28(15-13-27)19-20-6-2-1-3-7-20;;/h1-3,6-7,10-11,18H,4-5,8-9,12-17,19H2;2*1H. The van der Waals surface area contributed by atoms with Crippen LogP contribution in [0.5, 0.6) is 5.75 Å². The first-order valence-electron chi connectivity index (χ1n) is 11.5. The summed E-state index contributed by atoms with van der Waals surface area (Å²) in [6.45, 7) is 6.87. The summed E-state index contributed by atoms with van der Waals surface area (Å²) in [7, 11) is 0. The molecule has 5 rings (SSSR count). The van der Waals surface area contributed by atoms with Crippen molar-refractivity contribution in [1.82, 2.24) is 9.80 Å². The maximum absolute atomic E-state index is 12.3. The van der Waals surface area contributed by atoms with Crippen molar-refractivity contribution in [2.75, 3.05) is 39.3 Å². The van der Waals surface area contributed by atoms with Gasteiger partial charge in [0, 0.05) is 56.3 Å². The Morgan fingerprint density at radius 1 is 0.848 bits per heavy atom. The van der Waals surface area contributed by atoms with Gasteiger partial charge in [-0.3, -0.25) is 9.80 Å². The molecule has 0 amide bonds. The lowest BCUT2D eigenvalue weighted by atomic mass is 9.91. The SMILES string of the molecule is Cl.Cl.O=c1oc2cc(OCCN3CCN(Cc4ccccc4)CC3)ccc2c2c1CCCC2. The van der Waals surface area contributed by atoms with Crippen LogP contribution in [0.25, 0.3) is 11.0 Å². The third-order valence-electron chi connectivity index (χ3n) is 6.59. The molecule has 0 unspecified atom stereocenters. The molecule has 0 radical (unpaired) electrons. The highest BCUT2D eigenvalue weighted by Gasteiger charge is 2.19. The smallest absolute Gasteiger partial charge is 0.339 e. The number of piperazine rings is 1. The molecule has 2 heterocycles.